The molecule has 0 saturated carbocycles. The molecule has 114 valence electrons. The molecule has 20 heavy (non-hydrogen) atoms. The fourth-order valence-electron chi connectivity index (χ4n) is 2.07. The van der Waals surface area contributed by atoms with E-state index in [1.54, 1.807) is 6.92 Å². The van der Waals surface area contributed by atoms with Gasteiger partial charge in [0.05, 0.1) is 0 Å². The molecule has 1 atom stereocenters. The van der Waals surface area contributed by atoms with Crippen molar-refractivity contribution in [2.75, 3.05) is 5.32 Å². The summed E-state index contributed by atoms with van der Waals surface area (Å²) in [7, 11) is 0. The lowest BCUT2D eigenvalue weighted by atomic mass is 10.1. The van der Waals surface area contributed by atoms with Crippen molar-refractivity contribution in [1.29, 1.82) is 0 Å². The molecule has 0 amide bonds. The van der Waals surface area contributed by atoms with Gasteiger partial charge in [-0.05, 0) is 13.3 Å². The van der Waals surface area contributed by atoms with Gasteiger partial charge in [-0.2, -0.15) is 0 Å². The molecule has 0 saturated heterocycles. The van der Waals surface area contributed by atoms with E-state index in [0.717, 1.165) is 25.7 Å². The Bertz CT molecular complexity index is 408. The largest absolute Gasteiger partial charge is 0.378 e. The molecule has 1 aromatic carbocycles. The number of hydrogen-bond acceptors (Lipinski definition) is 1. The summed E-state index contributed by atoms with van der Waals surface area (Å²) < 4.78 is 53.0. The molecule has 1 nitrogen and oxygen atoms in total. The van der Waals surface area contributed by atoms with Crippen LogP contribution < -0.4 is 5.32 Å². The molecule has 5 heteroatoms. The number of anilines is 1. The summed E-state index contributed by atoms with van der Waals surface area (Å²) in [5, 5.41) is 2.52. The Hall–Kier alpha value is -1.26. The molecule has 0 heterocycles. The molecule has 0 radical (unpaired) electrons. The van der Waals surface area contributed by atoms with Crippen LogP contribution in [0, 0.1) is 23.3 Å². The third-order valence-corrected chi connectivity index (χ3v) is 3.24. The second kappa shape index (κ2) is 8.12. The third kappa shape index (κ3) is 4.69. The lowest BCUT2D eigenvalue weighted by molar-refractivity contribution is 0.455. The number of rotatable bonds is 8. The highest BCUT2D eigenvalue weighted by atomic mass is 19.2. The Labute approximate surface area is 117 Å². The van der Waals surface area contributed by atoms with E-state index in [2.05, 4.69) is 12.2 Å². The highest BCUT2D eigenvalue weighted by Crippen LogP contribution is 2.25. The molecule has 0 spiro atoms. The first kappa shape index (κ1) is 16.8. The zero-order valence-corrected chi connectivity index (χ0v) is 11.9. The van der Waals surface area contributed by atoms with E-state index in [4.69, 9.17) is 0 Å². The lowest BCUT2D eigenvalue weighted by Crippen LogP contribution is -2.18. The number of halogens is 4. The van der Waals surface area contributed by atoms with Crippen LogP contribution in [0.15, 0.2) is 6.07 Å². The maximum absolute atomic E-state index is 13.4. The first-order chi connectivity index (χ1) is 9.47. The quantitative estimate of drug-likeness (QED) is 0.384. The SMILES string of the molecule is CCCCCCCC(C)Nc1c(F)c(F)cc(F)c1F. The smallest absolute Gasteiger partial charge is 0.185 e. The molecular weight excluding hydrogens is 270 g/mol. The van der Waals surface area contributed by atoms with E-state index in [0.29, 0.717) is 6.42 Å². The van der Waals surface area contributed by atoms with Gasteiger partial charge in [0.1, 0.15) is 5.69 Å². The van der Waals surface area contributed by atoms with Gasteiger partial charge in [-0.25, -0.2) is 17.6 Å². The van der Waals surface area contributed by atoms with Gasteiger partial charge in [-0.1, -0.05) is 39.0 Å². The zero-order chi connectivity index (χ0) is 15.1. The molecule has 0 aromatic heterocycles. The van der Waals surface area contributed by atoms with Crippen LogP contribution >= 0.6 is 0 Å². The highest BCUT2D eigenvalue weighted by Gasteiger charge is 2.20. The van der Waals surface area contributed by atoms with E-state index in [9.17, 15) is 17.6 Å². The molecule has 0 aliphatic rings. The van der Waals surface area contributed by atoms with Crippen molar-refractivity contribution in [3.8, 4) is 0 Å². The molecule has 1 aromatic rings. The van der Waals surface area contributed by atoms with Crippen LogP contribution in [0.1, 0.15) is 52.4 Å². The fourth-order valence-corrected chi connectivity index (χ4v) is 2.07. The summed E-state index contributed by atoms with van der Waals surface area (Å²) in [5.41, 5.74) is -0.719. The van der Waals surface area contributed by atoms with Crippen molar-refractivity contribution in [3.05, 3.63) is 29.3 Å². The van der Waals surface area contributed by atoms with Gasteiger partial charge in [-0.15, -0.1) is 0 Å². The monoisotopic (exact) mass is 291 g/mol. The topological polar surface area (TPSA) is 12.0 Å². The predicted molar refractivity (Wildman–Crippen MR) is 72.7 cm³/mol. The molecule has 0 bridgehead atoms. The normalized spacial score (nSPS) is 12.5. The van der Waals surface area contributed by atoms with Crippen LogP contribution in [-0.4, -0.2) is 6.04 Å². The van der Waals surface area contributed by atoms with Crippen LogP contribution in [0.3, 0.4) is 0 Å². The van der Waals surface area contributed by atoms with Crippen LogP contribution in [0.25, 0.3) is 0 Å². The summed E-state index contributed by atoms with van der Waals surface area (Å²) in [4.78, 5) is 0. The second-order valence-electron chi connectivity index (χ2n) is 5.09. The van der Waals surface area contributed by atoms with Gasteiger partial charge in [0.2, 0.25) is 0 Å². The van der Waals surface area contributed by atoms with Gasteiger partial charge in [0, 0.05) is 12.1 Å². The minimum Gasteiger partial charge on any atom is -0.378 e. The third-order valence-electron chi connectivity index (χ3n) is 3.24. The summed E-state index contributed by atoms with van der Waals surface area (Å²) >= 11 is 0. The van der Waals surface area contributed by atoms with Crippen LogP contribution in [0.5, 0.6) is 0 Å². The van der Waals surface area contributed by atoms with Crippen molar-refractivity contribution in [1.82, 2.24) is 0 Å². The van der Waals surface area contributed by atoms with E-state index < -0.39 is 29.0 Å². The molecule has 1 N–H and O–H groups in total. The first-order valence-electron chi connectivity index (χ1n) is 7.06. The maximum atomic E-state index is 13.4. The molecular formula is C15H21F4N. The zero-order valence-electron chi connectivity index (χ0n) is 11.9. The van der Waals surface area contributed by atoms with Crippen LogP contribution in [0.4, 0.5) is 23.2 Å². The molecule has 1 unspecified atom stereocenters. The number of nitrogens with one attached hydrogen (secondary N) is 1. The predicted octanol–water partition coefficient (Wildman–Crippen LogP) is 5.40. The van der Waals surface area contributed by atoms with Gasteiger partial charge in [-0.3, -0.25) is 0 Å². The summed E-state index contributed by atoms with van der Waals surface area (Å²) in [6.45, 7) is 3.86. The Morgan fingerprint density at radius 3 is 2.05 bits per heavy atom. The molecule has 0 aliphatic carbocycles. The minimum absolute atomic E-state index is 0.214. The van der Waals surface area contributed by atoms with E-state index in [1.807, 2.05) is 0 Å². The standard InChI is InChI=1S/C15H21F4N/c1-3-4-5-6-7-8-10(2)20-15-13(18)11(16)9-12(17)14(15)19/h9-10,20H,3-8H2,1-2H3. The highest BCUT2D eigenvalue weighted by molar-refractivity contribution is 5.47. The van der Waals surface area contributed by atoms with Gasteiger partial charge in [0.25, 0.3) is 0 Å². The second-order valence-corrected chi connectivity index (χ2v) is 5.09. The minimum atomic E-state index is -1.39. The van der Waals surface area contributed by atoms with E-state index in [1.165, 1.54) is 6.42 Å². The summed E-state index contributed by atoms with van der Waals surface area (Å²) in [6, 6.07) is -0.0348. The van der Waals surface area contributed by atoms with Crippen LogP contribution in [0.2, 0.25) is 0 Å². The summed E-state index contributed by atoms with van der Waals surface area (Å²) in [6.07, 6.45) is 6.09. The molecule has 1 rings (SSSR count). The number of hydrogen-bond donors (Lipinski definition) is 1. The van der Waals surface area contributed by atoms with Crippen LogP contribution in [-0.2, 0) is 0 Å². The Kier molecular flexibility index (Phi) is 6.82. The van der Waals surface area contributed by atoms with Crippen molar-refractivity contribution in [2.24, 2.45) is 0 Å². The average molecular weight is 291 g/mol. The van der Waals surface area contributed by atoms with Gasteiger partial charge in [0.15, 0.2) is 23.3 Å². The van der Waals surface area contributed by atoms with Gasteiger partial charge < -0.3 is 5.32 Å². The maximum Gasteiger partial charge on any atom is 0.185 e. The van der Waals surface area contributed by atoms with Crippen molar-refractivity contribution >= 4 is 5.69 Å². The Morgan fingerprint density at radius 1 is 0.950 bits per heavy atom. The van der Waals surface area contributed by atoms with Crippen molar-refractivity contribution in [3.63, 3.8) is 0 Å². The average Bonchev–Trinajstić information content (AvgIpc) is 2.41. The lowest BCUT2D eigenvalue weighted by Gasteiger charge is -2.16. The van der Waals surface area contributed by atoms with Crippen molar-refractivity contribution in [2.45, 2.75) is 58.4 Å². The Morgan fingerprint density at radius 2 is 1.50 bits per heavy atom. The number of unbranched alkanes of at least 4 members (excludes halogenated alkanes) is 4. The number of benzene rings is 1. The fraction of sp³-hybridized carbons (Fsp3) is 0.600. The Balaban J connectivity index is 2.55. The first-order valence-corrected chi connectivity index (χ1v) is 7.06. The van der Waals surface area contributed by atoms with E-state index in [-0.39, 0.29) is 12.1 Å². The molecule has 0 fully saturated rings. The summed E-state index contributed by atoms with van der Waals surface area (Å²) in [5.74, 6) is -5.52. The molecule has 0 aliphatic heterocycles. The van der Waals surface area contributed by atoms with Crippen molar-refractivity contribution < 1.29 is 17.6 Å². The van der Waals surface area contributed by atoms with E-state index >= 15 is 0 Å². The van der Waals surface area contributed by atoms with Gasteiger partial charge >= 0.3 is 0 Å².